The third-order valence-corrected chi connectivity index (χ3v) is 11.2. The van der Waals surface area contributed by atoms with Crippen LogP contribution in [0.1, 0.15) is 25.0 Å². The van der Waals surface area contributed by atoms with Crippen LogP contribution < -0.4 is 0 Å². The van der Waals surface area contributed by atoms with E-state index in [0.717, 1.165) is 57.1 Å². The van der Waals surface area contributed by atoms with Crippen LogP contribution in [-0.4, -0.2) is 20.6 Å². The summed E-state index contributed by atoms with van der Waals surface area (Å²) >= 11 is 4.67. The minimum absolute atomic E-state index is 0.183. The molecule has 0 N–H and O–H groups in total. The lowest BCUT2D eigenvalue weighted by Gasteiger charge is -2.23. The number of halogens is 8. The molecule has 246 valence electrons. The molecule has 0 atom stereocenters. The van der Waals surface area contributed by atoms with E-state index in [0.29, 0.717) is 54.4 Å². The van der Waals surface area contributed by atoms with E-state index >= 15 is 0 Å². The molecule has 1 aliphatic heterocycles. The van der Waals surface area contributed by atoms with Gasteiger partial charge in [-0.05, 0) is 35.4 Å². The second-order valence-corrected chi connectivity index (χ2v) is 14.3. The molecule has 0 fully saturated rings. The normalized spacial score (nSPS) is 13.7. The summed E-state index contributed by atoms with van der Waals surface area (Å²) < 4.78 is 129. The van der Waals surface area contributed by atoms with Crippen LogP contribution in [0.4, 0.5) is 46.5 Å². The van der Waals surface area contributed by atoms with Gasteiger partial charge in [-0.2, -0.15) is 52.6 Å². The summed E-state index contributed by atoms with van der Waals surface area (Å²) in [5.74, 6) is -17.1. The van der Waals surface area contributed by atoms with Gasteiger partial charge in [0.2, 0.25) is 0 Å². The van der Waals surface area contributed by atoms with Gasteiger partial charge in [0, 0.05) is 55.6 Å². The first-order valence-electron chi connectivity index (χ1n) is 13.9. The average Bonchev–Trinajstić information content (AvgIpc) is 3.86. The van der Waals surface area contributed by atoms with Crippen LogP contribution >= 0.6 is 34.4 Å². The van der Waals surface area contributed by atoms with Crippen LogP contribution in [0.25, 0.3) is 52.8 Å². The summed E-state index contributed by atoms with van der Waals surface area (Å²) in [6.07, 6.45) is 0. The molecule has 0 bridgehead atoms. The first-order valence-corrected chi connectivity index (χ1v) is 17.0. The molecule has 0 saturated heterocycles. The van der Waals surface area contributed by atoms with Crippen LogP contribution in [0.3, 0.4) is 0 Å². The van der Waals surface area contributed by atoms with Gasteiger partial charge in [0.1, 0.15) is 22.4 Å². The van der Waals surface area contributed by atoms with Gasteiger partial charge in [-0.25, -0.2) is 0 Å². The predicted molar refractivity (Wildman–Crippen MR) is 175 cm³/mol. The number of fused-ring (bicyclic) bond motifs is 2. The van der Waals surface area contributed by atoms with Crippen LogP contribution in [0.5, 0.6) is 0 Å². The van der Waals surface area contributed by atoms with Gasteiger partial charge in [-0.3, -0.25) is 0 Å². The molecule has 4 heterocycles. The lowest BCUT2D eigenvalue weighted by atomic mass is 10.0. The van der Waals surface area contributed by atoms with Gasteiger partial charge >= 0.3 is 23.7 Å². The Balaban J connectivity index is 1.24. The Hall–Kier alpha value is -3.86. The fourth-order valence-electron chi connectivity index (χ4n) is 5.17. The smallest absolute Gasteiger partial charge is 0.200 e. The molecule has 7 rings (SSSR count). The number of nitrogens with zero attached hydrogens (tertiary/aromatic N) is 4. The number of rotatable bonds is 8. The molecule has 6 aromatic rings. The van der Waals surface area contributed by atoms with Crippen molar-refractivity contribution in [2.24, 2.45) is 8.73 Å². The molecule has 16 heteroatoms. The van der Waals surface area contributed by atoms with Crippen molar-refractivity contribution in [3.63, 3.8) is 0 Å². The summed E-state index contributed by atoms with van der Waals surface area (Å²) in [6.45, 7) is 0.366. The Kier molecular flexibility index (Phi) is 7.73. The highest BCUT2D eigenvalue weighted by molar-refractivity contribution is 7.58. The Morgan fingerprint density at radius 3 is 1.19 bits per heavy atom. The van der Waals surface area contributed by atoms with Crippen LogP contribution in [-0.2, 0) is 23.2 Å². The number of aromatic nitrogens is 2. The van der Waals surface area contributed by atoms with Crippen molar-refractivity contribution in [3.8, 4) is 41.8 Å². The van der Waals surface area contributed by atoms with E-state index in [1.807, 2.05) is 12.1 Å². The molecule has 4 nitrogen and oxygen atoms in total. The summed E-state index contributed by atoms with van der Waals surface area (Å²) in [5, 5.41) is 0. The van der Waals surface area contributed by atoms with E-state index in [9.17, 15) is 35.1 Å². The molecule has 0 spiro atoms. The molecule has 0 aliphatic carbocycles. The van der Waals surface area contributed by atoms with Gasteiger partial charge in [-0.1, -0.05) is 48.5 Å². The lowest BCUT2D eigenvalue weighted by Crippen LogP contribution is -2.34. The summed E-state index contributed by atoms with van der Waals surface area (Å²) in [5.41, 5.74) is 3.16. The summed E-state index contributed by atoms with van der Waals surface area (Å²) in [4.78, 5) is 2.91. The molecular weight excluding hydrogens is 721 g/mol. The lowest BCUT2D eigenvalue weighted by molar-refractivity contribution is -0.204. The van der Waals surface area contributed by atoms with Crippen LogP contribution in [0.15, 0.2) is 81.5 Å². The molecule has 3 aromatic carbocycles. The number of hydrogen-bond acceptors (Lipinski definition) is 7. The van der Waals surface area contributed by atoms with E-state index in [1.54, 1.807) is 12.1 Å². The predicted octanol–water partition coefficient (Wildman–Crippen LogP) is 12.7. The minimum atomic E-state index is -4.32. The van der Waals surface area contributed by atoms with Gasteiger partial charge in [-0.15, -0.1) is 22.7 Å². The first-order chi connectivity index (χ1) is 22.6. The van der Waals surface area contributed by atoms with Crippen molar-refractivity contribution in [3.05, 3.63) is 83.9 Å². The van der Waals surface area contributed by atoms with Crippen molar-refractivity contribution in [2.45, 2.75) is 37.5 Å². The second kappa shape index (κ2) is 11.4. The molecule has 0 radical (unpaired) electrons. The zero-order chi connectivity index (χ0) is 34.2. The van der Waals surface area contributed by atoms with Crippen molar-refractivity contribution < 1.29 is 35.1 Å². The zero-order valence-electron chi connectivity index (χ0n) is 24.4. The third-order valence-electron chi connectivity index (χ3n) is 7.80. The van der Waals surface area contributed by atoms with Gasteiger partial charge in [0.15, 0.2) is 0 Å². The largest absolute Gasteiger partial charge is 0.335 e. The highest BCUT2D eigenvalue weighted by Crippen LogP contribution is 2.55. The van der Waals surface area contributed by atoms with Crippen molar-refractivity contribution in [2.75, 3.05) is 0 Å². The Bertz CT molecular complexity index is 2100. The molecule has 3 aromatic heterocycles. The maximum absolute atomic E-state index is 14.2. The number of hydrogen-bond donors (Lipinski definition) is 0. The topological polar surface area (TPSA) is 50.5 Å². The van der Waals surface area contributed by atoms with E-state index in [1.165, 1.54) is 46.9 Å². The highest BCUT2D eigenvalue weighted by Gasteiger charge is 2.54. The molecular formula is C32H18F8N4S4. The number of benzene rings is 3. The summed E-state index contributed by atoms with van der Waals surface area (Å²) in [7, 11) is 0. The van der Waals surface area contributed by atoms with Gasteiger partial charge in [0.05, 0.1) is 23.1 Å². The Morgan fingerprint density at radius 2 is 0.833 bits per heavy atom. The standard InChI is InChI=1S/C32H18F8N4S4/c1-29(33,34)31(37,38)17-7-3-15(4-8-17)19-11-13-21(45-19)23-25-27(43-47-41-25)24(28-26(23)42-48-44-28)22-14-12-20(46-22)16-5-9-18(10-6-16)32(39,40)30(2,35)36/h3-14H,1-2H3. The van der Waals surface area contributed by atoms with Crippen molar-refractivity contribution in [1.29, 1.82) is 0 Å². The van der Waals surface area contributed by atoms with Gasteiger partial charge < -0.3 is 0 Å². The second-order valence-electron chi connectivity index (χ2n) is 11.1. The maximum Gasteiger partial charge on any atom is 0.335 e. The van der Waals surface area contributed by atoms with E-state index in [-0.39, 0.29) is 13.8 Å². The monoisotopic (exact) mass is 738 g/mol. The highest BCUT2D eigenvalue weighted by atomic mass is 32.1. The fraction of sp³-hybridized carbons (Fsp3) is 0.188. The van der Waals surface area contributed by atoms with Crippen molar-refractivity contribution in [1.82, 2.24) is 8.75 Å². The van der Waals surface area contributed by atoms with E-state index in [2.05, 4.69) is 17.5 Å². The molecule has 0 unspecified atom stereocenters. The minimum Gasteiger partial charge on any atom is -0.200 e. The first kappa shape index (κ1) is 32.7. The SMILES string of the molecule is CC(F)(F)C(F)(F)c1ccc(-c2ccc(-c3c4c(c(-c5ccc(-c6ccc(C(F)(F)C(C)(F)F)cc6)s5)c5nsnc35)N=S=N4)s2)cc1. The van der Waals surface area contributed by atoms with Gasteiger partial charge in [0.25, 0.3) is 0 Å². The Morgan fingerprint density at radius 1 is 0.479 bits per heavy atom. The molecule has 48 heavy (non-hydrogen) atoms. The van der Waals surface area contributed by atoms with E-state index in [4.69, 9.17) is 0 Å². The third kappa shape index (κ3) is 5.29. The molecule has 1 aliphatic rings. The fourth-order valence-corrected chi connectivity index (χ4v) is 8.41. The number of alkyl halides is 8. The average molecular weight is 739 g/mol. The number of thiophene rings is 2. The maximum atomic E-state index is 14.2. The van der Waals surface area contributed by atoms with Crippen LogP contribution in [0, 0.1) is 0 Å². The van der Waals surface area contributed by atoms with Crippen molar-refractivity contribution >= 4 is 68.2 Å². The van der Waals surface area contributed by atoms with Crippen LogP contribution in [0.2, 0.25) is 0 Å². The Labute approximate surface area is 282 Å². The molecule has 0 saturated carbocycles. The zero-order valence-corrected chi connectivity index (χ0v) is 27.6. The molecule has 0 amide bonds. The van der Waals surface area contributed by atoms with E-state index < -0.39 is 34.8 Å². The quantitative estimate of drug-likeness (QED) is 0.146. The summed E-state index contributed by atoms with van der Waals surface area (Å²) in [6, 6.07) is 16.7.